The summed E-state index contributed by atoms with van der Waals surface area (Å²) < 4.78 is 5.61. The zero-order valence-electron chi connectivity index (χ0n) is 12.8. The number of nitrogens with two attached hydrogens (primary N) is 1. The van der Waals surface area contributed by atoms with Gasteiger partial charge < -0.3 is 15.8 Å². The first-order valence-corrected chi connectivity index (χ1v) is 7.33. The molecule has 116 valence electrons. The van der Waals surface area contributed by atoms with Crippen molar-refractivity contribution in [1.82, 2.24) is 5.32 Å². The van der Waals surface area contributed by atoms with Crippen molar-refractivity contribution < 1.29 is 9.53 Å². The molecule has 21 heavy (non-hydrogen) atoms. The number of ether oxygens (including phenoxy) is 1. The lowest BCUT2D eigenvalue weighted by Crippen LogP contribution is -2.40. The molecule has 1 rings (SSSR count). The van der Waals surface area contributed by atoms with Crippen LogP contribution in [-0.4, -0.2) is 24.6 Å². The predicted molar refractivity (Wildman–Crippen MR) is 86.8 cm³/mol. The Hall–Kier alpha value is -1.52. The fourth-order valence-electron chi connectivity index (χ4n) is 1.63. The highest BCUT2D eigenvalue weighted by atomic mass is 35.5. The second kappa shape index (κ2) is 8.05. The number of carbonyl (C=O) groups excluding carboxylic acids is 1. The number of amides is 1. The number of nitrogens with one attached hydrogen (secondary N) is 1. The largest absolute Gasteiger partial charge is 0.489 e. The fraction of sp³-hybridized carbons (Fsp3) is 0.438. The van der Waals surface area contributed by atoms with E-state index in [1.54, 1.807) is 24.3 Å². The van der Waals surface area contributed by atoms with Crippen LogP contribution in [0, 0.1) is 0 Å². The van der Waals surface area contributed by atoms with Crippen LogP contribution in [0.25, 0.3) is 0 Å². The third-order valence-electron chi connectivity index (χ3n) is 2.65. The smallest absolute Gasteiger partial charge is 0.251 e. The summed E-state index contributed by atoms with van der Waals surface area (Å²) >= 11 is 5.69. The molecule has 5 heteroatoms. The number of rotatable bonds is 6. The maximum absolute atomic E-state index is 12.0. The molecule has 0 aromatic heterocycles. The van der Waals surface area contributed by atoms with E-state index < -0.39 is 0 Å². The molecule has 0 radical (unpaired) electrons. The molecule has 0 heterocycles. The highest BCUT2D eigenvalue weighted by Gasteiger charge is 2.15. The molecule has 0 bridgehead atoms. The van der Waals surface area contributed by atoms with E-state index >= 15 is 0 Å². The third kappa shape index (κ3) is 6.65. The van der Waals surface area contributed by atoms with Gasteiger partial charge >= 0.3 is 0 Å². The van der Waals surface area contributed by atoms with Crippen LogP contribution < -0.4 is 15.8 Å². The van der Waals surface area contributed by atoms with Crippen molar-refractivity contribution >= 4 is 17.5 Å². The molecular formula is C16H23ClN2O2. The molecule has 0 spiro atoms. The topological polar surface area (TPSA) is 64.3 Å². The molecule has 1 aromatic rings. The van der Waals surface area contributed by atoms with Crippen LogP contribution in [0.4, 0.5) is 0 Å². The van der Waals surface area contributed by atoms with Crippen molar-refractivity contribution in [1.29, 1.82) is 0 Å². The average Bonchev–Trinajstić information content (AvgIpc) is 2.42. The minimum absolute atomic E-state index is 0.0986. The molecule has 0 aliphatic heterocycles. The van der Waals surface area contributed by atoms with Crippen LogP contribution in [0.3, 0.4) is 0 Å². The van der Waals surface area contributed by atoms with E-state index in [2.05, 4.69) is 5.32 Å². The summed E-state index contributed by atoms with van der Waals surface area (Å²) in [6.45, 7) is 6.77. The van der Waals surface area contributed by atoms with Crippen molar-refractivity contribution in [2.45, 2.75) is 32.7 Å². The van der Waals surface area contributed by atoms with Gasteiger partial charge in [-0.2, -0.15) is 0 Å². The number of hydrogen-bond donors (Lipinski definition) is 2. The van der Waals surface area contributed by atoms with Crippen molar-refractivity contribution in [2.75, 3.05) is 13.2 Å². The first-order valence-electron chi connectivity index (χ1n) is 6.89. The molecule has 1 amide bonds. The number of benzene rings is 1. The third-order valence-corrected chi connectivity index (χ3v) is 2.96. The average molecular weight is 311 g/mol. The van der Waals surface area contributed by atoms with Crippen LogP contribution in [0.5, 0.6) is 5.75 Å². The van der Waals surface area contributed by atoms with Crippen LogP contribution in [0.1, 0.15) is 37.6 Å². The van der Waals surface area contributed by atoms with Gasteiger partial charge in [-0.15, -0.1) is 0 Å². The van der Waals surface area contributed by atoms with E-state index in [4.69, 9.17) is 22.1 Å². The molecule has 0 fully saturated rings. The Morgan fingerprint density at radius 1 is 1.33 bits per heavy atom. The lowest BCUT2D eigenvalue weighted by molar-refractivity contribution is 0.0919. The first kappa shape index (κ1) is 17.5. The molecule has 0 aliphatic rings. The summed E-state index contributed by atoms with van der Waals surface area (Å²) in [6, 6.07) is 7.02. The molecule has 0 saturated carbocycles. The Kier molecular flexibility index (Phi) is 6.72. The monoisotopic (exact) mass is 310 g/mol. The van der Waals surface area contributed by atoms with Gasteiger partial charge in [0, 0.05) is 16.6 Å². The Bertz CT molecular complexity index is 490. The Balaban J connectivity index is 2.60. The molecule has 0 unspecified atom stereocenters. The van der Waals surface area contributed by atoms with E-state index in [1.165, 1.54) is 5.54 Å². The summed E-state index contributed by atoms with van der Waals surface area (Å²) in [5.41, 5.74) is 8.26. The number of halogens is 1. The van der Waals surface area contributed by atoms with Gasteiger partial charge in [0.1, 0.15) is 12.4 Å². The second-order valence-corrected chi connectivity index (χ2v) is 6.04. The quantitative estimate of drug-likeness (QED) is 0.848. The zero-order chi connectivity index (χ0) is 15.9. The van der Waals surface area contributed by atoms with E-state index in [9.17, 15) is 4.79 Å². The van der Waals surface area contributed by atoms with Crippen LogP contribution in [0.2, 0.25) is 0 Å². The molecule has 4 nitrogen and oxygen atoms in total. The van der Waals surface area contributed by atoms with Gasteiger partial charge in [0.15, 0.2) is 0 Å². The molecule has 0 aliphatic carbocycles. The minimum Gasteiger partial charge on any atom is -0.489 e. The molecule has 3 N–H and O–H groups in total. The normalized spacial score (nSPS) is 12.1. The van der Waals surface area contributed by atoms with E-state index in [0.717, 1.165) is 5.57 Å². The molecule has 0 atom stereocenters. The Morgan fingerprint density at radius 3 is 2.43 bits per heavy atom. The summed E-state index contributed by atoms with van der Waals surface area (Å²) in [5, 5.41) is 2.91. The van der Waals surface area contributed by atoms with Gasteiger partial charge in [-0.05, 0) is 63.6 Å². The molecular weight excluding hydrogens is 288 g/mol. The standard InChI is InChI=1S/C16H23ClN2O2/c1-16(2,3)19-15(20)13-4-6-14(7-5-13)21-11-12(10-17)8-9-18/h4-7,10H,8-9,11,18H2,1-3H3,(H,19,20)/b12-10+. The maximum Gasteiger partial charge on any atom is 0.251 e. The van der Waals surface area contributed by atoms with Crippen molar-refractivity contribution in [2.24, 2.45) is 5.73 Å². The SMILES string of the molecule is CC(C)(C)NC(=O)c1ccc(OC/C(=C/Cl)CCN)cc1. The van der Waals surface area contributed by atoms with Crippen molar-refractivity contribution in [3.05, 3.63) is 40.9 Å². The summed E-state index contributed by atoms with van der Waals surface area (Å²) in [7, 11) is 0. The van der Waals surface area contributed by atoms with Gasteiger partial charge in [-0.3, -0.25) is 4.79 Å². The van der Waals surface area contributed by atoms with Crippen LogP contribution >= 0.6 is 11.6 Å². The number of carbonyl (C=O) groups is 1. The summed E-state index contributed by atoms with van der Waals surface area (Å²) in [4.78, 5) is 12.0. The van der Waals surface area contributed by atoms with Crippen LogP contribution in [0.15, 0.2) is 35.4 Å². The Morgan fingerprint density at radius 2 is 1.95 bits per heavy atom. The minimum atomic E-state index is -0.255. The molecule has 1 aromatic carbocycles. The lowest BCUT2D eigenvalue weighted by Gasteiger charge is -2.20. The lowest BCUT2D eigenvalue weighted by atomic mass is 10.1. The summed E-state index contributed by atoms with van der Waals surface area (Å²) in [6.07, 6.45) is 0.704. The van der Waals surface area contributed by atoms with Gasteiger partial charge in [0.05, 0.1) is 0 Å². The second-order valence-electron chi connectivity index (χ2n) is 5.82. The number of hydrogen-bond acceptors (Lipinski definition) is 3. The summed E-state index contributed by atoms with van der Waals surface area (Å²) in [5.74, 6) is 0.592. The first-order chi connectivity index (χ1) is 9.85. The molecule has 0 saturated heterocycles. The maximum atomic E-state index is 12.0. The van der Waals surface area contributed by atoms with E-state index in [0.29, 0.717) is 30.9 Å². The van der Waals surface area contributed by atoms with Crippen LogP contribution in [-0.2, 0) is 0 Å². The fourth-order valence-corrected chi connectivity index (χ4v) is 1.81. The van der Waals surface area contributed by atoms with Gasteiger partial charge in [0.25, 0.3) is 5.91 Å². The zero-order valence-corrected chi connectivity index (χ0v) is 13.5. The predicted octanol–water partition coefficient (Wildman–Crippen LogP) is 3.07. The Labute approximate surface area is 131 Å². The van der Waals surface area contributed by atoms with Gasteiger partial charge in [-0.1, -0.05) is 11.6 Å². The highest BCUT2D eigenvalue weighted by molar-refractivity contribution is 6.25. The highest BCUT2D eigenvalue weighted by Crippen LogP contribution is 2.15. The van der Waals surface area contributed by atoms with Crippen molar-refractivity contribution in [3.8, 4) is 5.75 Å². The van der Waals surface area contributed by atoms with E-state index in [-0.39, 0.29) is 11.4 Å². The van der Waals surface area contributed by atoms with Crippen molar-refractivity contribution in [3.63, 3.8) is 0 Å². The van der Waals surface area contributed by atoms with Gasteiger partial charge in [0.2, 0.25) is 0 Å². The van der Waals surface area contributed by atoms with E-state index in [1.807, 2.05) is 20.8 Å². The van der Waals surface area contributed by atoms with Gasteiger partial charge in [-0.25, -0.2) is 0 Å².